The van der Waals surface area contributed by atoms with E-state index >= 15 is 0 Å². The van der Waals surface area contributed by atoms with E-state index in [1.807, 2.05) is 0 Å². The molecule has 2 heterocycles. The molecule has 2 rings (SSSR count). The Balaban J connectivity index is 2.20. The Labute approximate surface area is 68.1 Å². The van der Waals surface area contributed by atoms with Crippen LogP contribution in [0.1, 0.15) is 19.3 Å². The summed E-state index contributed by atoms with van der Waals surface area (Å²) in [4.78, 5) is 2.44. The molecule has 62 valence electrons. The molecule has 0 radical (unpaired) electrons. The normalized spacial score (nSPS) is 44.9. The van der Waals surface area contributed by atoms with Gasteiger partial charge in [-0.15, -0.1) is 0 Å². The standard InChI is InChI=1S/C9H16N2/c1-6-3-8-4-7(10)5-9(6)11(8)2/h7-9H,1,3-5,10H2,2H3/t7-,8+,9+/m0/s1. The quantitative estimate of drug-likeness (QED) is 0.519. The van der Waals surface area contributed by atoms with Crippen LogP contribution in [0.25, 0.3) is 0 Å². The van der Waals surface area contributed by atoms with E-state index < -0.39 is 0 Å². The average molecular weight is 152 g/mol. The Hall–Kier alpha value is -0.340. The first-order valence-electron chi connectivity index (χ1n) is 4.33. The molecular formula is C9H16N2. The van der Waals surface area contributed by atoms with Crippen LogP contribution in [0.4, 0.5) is 0 Å². The molecule has 2 bridgehead atoms. The van der Waals surface area contributed by atoms with Crippen LogP contribution in [0.3, 0.4) is 0 Å². The number of hydrogen-bond acceptors (Lipinski definition) is 2. The fraction of sp³-hybridized carbons (Fsp3) is 0.778. The second-order valence-corrected chi connectivity index (χ2v) is 3.93. The van der Waals surface area contributed by atoms with E-state index in [2.05, 4.69) is 18.5 Å². The molecule has 2 aliphatic heterocycles. The predicted octanol–water partition coefficient (Wildman–Crippen LogP) is 0.736. The van der Waals surface area contributed by atoms with Gasteiger partial charge in [0, 0.05) is 18.1 Å². The Bertz CT molecular complexity index is 188. The number of fused-ring (bicyclic) bond motifs is 2. The summed E-state index contributed by atoms with van der Waals surface area (Å²) in [5.41, 5.74) is 7.31. The highest BCUT2D eigenvalue weighted by Crippen LogP contribution is 2.36. The lowest BCUT2D eigenvalue weighted by Crippen LogP contribution is -2.45. The largest absolute Gasteiger partial charge is 0.328 e. The zero-order valence-electron chi connectivity index (χ0n) is 7.09. The molecule has 0 aromatic rings. The van der Waals surface area contributed by atoms with Crippen molar-refractivity contribution in [2.24, 2.45) is 5.73 Å². The van der Waals surface area contributed by atoms with E-state index in [4.69, 9.17) is 5.73 Å². The van der Waals surface area contributed by atoms with Gasteiger partial charge < -0.3 is 5.73 Å². The van der Waals surface area contributed by atoms with Crippen molar-refractivity contribution in [3.63, 3.8) is 0 Å². The summed E-state index contributed by atoms with van der Waals surface area (Å²) in [5, 5.41) is 0. The highest BCUT2D eigenvalue weighted by molar-refractivity contribution is 5.18. The molecule has 0 saturated carbocycles. The second kappa shape index (κ2) is 2.32. The van der Waals surface area contributed by atoms with Gasteiger partial charge in [0.2, 0.25) is 0 Å². The summed E-state index contributed by atoms with van der Waals surface area (Å²) in [6.07, 6.45) is 3.45. The molecule has 2 saturated heterocycles. The molecule has 0 aromatic heterocycles. The van der Waals surface area contributed by atoms with Gasteiger partial charge in [0.05, 0.1) is 0 Å². The van der Waals surface area contributed by atoms with Crippen LogP contribution < -0.4 is 5.73 Å². The summed E-state index contributed by atoms with van der Waals surface area (Å²) in [7, 11) is 2.19. The van der Waals surface area contributed by atoms with Crippen molar-refractivity contribution in [1.82, 2.24) is 4.90 Å². The smallest absolute Gasteiger partial charge is 0.0320 e. The van der Waals surface area contributed by atoms with Crippen LogP contribution >= 0.6 is 0 Å². The van der Waals surface area contributed by atoms with Crippen LogP contribution in [0.5, 0.6) is 0 Å². The van der Waals surface area contributed by atoms with Gasteiger partial charge in [-0.05, 0) is 26.3 Å². The van der Waals surface area contributed by atoms with Gasteiger partial charge in [0.1, 0.15) is 0 Å². The Morgan fingerprint density at radius 2 is 2.27 bits per heavy atom. The minimum Gasteiger partial charge on any atom is -0.328 e. The highest BCUT2D eigenvalue weighted by atomic mass is 15.2. The van der Waals surface area contributed by atoms with Gasteiger partial charge in [-0.3, -0.25) is 4.90 Å². The SMILES string of the molecule is C=C1C[C@@H]2C[C@H](N)C[C@H]1N2C. The Morgan fingerprint density at radius 1 is 1.55 bits per heavy atom. The van der Waals surface area contributed by atoms with Crippen molar-refractivity contribution in [3.05, 3.63) is 12.2 Å². The van der Waals surface area contributed by atoms with Crippen LogP contribution in [0.15, 0.2) is 12.2 Å². The van der Waals surface area contributed by atoms with E-state index in [0.29, 0.717) is 18.1 Å². The van der Waals surface area contributed by atoms with E-state index in [-0.39, 0.29) is 0 Å². The van der Waals surface area contributed by atoms with Crippen molar-refractivity contribution in [2.75, 3.05) is 7.05 Å². The first-order valence-corrected chi connectivity index (χ1v) is 4.33. The first-order chi connectivity index (χ1) is 5.18. The lowest BCUT2D eigenvalue weighted by atomic mass is 9.99. The van der Waals surface area contributed by atoms with E-state index in [0.717, 1.165) is 12.8 Å². The molecule has 0 spiro atoms. The summed E-state index contributed by atoms with van der Waals surface area (Å²) >= 11 is 0. The number of hydrogen-bond donors (Lipinski definition) is 1. The van der Waals surface area contributed by atoms with Gasteiger partial charge in [-0.2, -0.15) is 0 Å². The zero-order chi connectivity index (χ0) is 8.01. The van der Waals surface area contributed by atoms with Crippen LogP contribution in [0.2, 0.25) is 0 Å². The second-order valence-electron chi connectivity index (χ2n) is 3.93. The molecule has 11 heavy (non-hydrogen) atoms. The van der Waals surface area contributed by atoms with Gasteiger partial charge in [-0.1, -0.05) is 12.2 Å². The third kappa shape index (κ3) is 1.01. The minimum atomic E-state index is 0.417. The molecule has 0 unspecified atom stereocenters. The summed E-state index contributed by atoms with van der Waals surface area (Å²) in [5.74, 6) is 0. The first kappa shape index (κ1) is 7.32. The highest BCUT2D eigenvalue weighted by Gasteiger charge is 2.39. The lowest BCUT2D eigenvalue weighted by molar-refractivity contribution is 0.170. The summed E-state index contributed by atoms with van der Waals surface area (Å²) in [6, 6.07) is 1.69. The Kier molecular flexibility index (Phi) is 1.55. The van der Waals surface area contributed by atoms with Gasteiger partial charge in [0.15, 0.2) is 0 Å². The van der Waals surface area contributed by atoms with E-state index in [1.165, 1.54) is 12.0 Å². The van der Waals surface area contributed by atoms with Gasteiger partial charge in [0.25, 0.3) is 0 Å². The molecule has 0 aliphatic carbocycles. The maximum absolute atomic E-state index is 5.91. The van der Waals surface area contributed by atoms with Gasteiger partial charge in [-0.25, -0.2) is 0 Å². The molecule has 0 aromatic carbocycles. The van der Waals surface area contributed by atoms with Crippen LogP contribution in [-0.4, -0.2) is 30.1 Å². The number of nitrogens with two attached hydrogens (primary N) is 1. The van der Waals surface area contributed by atoms with E-state index in [9.17, 15) is 0 Å². The third-order valence-corrected chi connectivity index (χ3v) is 3.14. The fourth-order valence-corrected chi connectivity index (χ4v) is 2.44. The topological polar surface area (TPSA) is 29.3 Å². The molecule has 2 nitrogen and oxygen atoms in total. The van der Waals surface area contributed by atoms with Crippen molar-refractivity contribution in [2.45, 2.75) is 37.4 Å². The molecule has 2 N–H and O–H groups in total. The maximum atomic E-state index is 5.91. The molecule has 0 amide bonds. The van der Waals surface area contributed by atoms with E-state index in [1.54, 1.807) is 0 Å². The average Bonchev–Trinajstić information content (AvgIpc) is 2.17. The zero-order valence-corrected chi connectivity index (χ0v) is 7.09. The van der Waals surface area contributed by atoms with Crippen LogP contribution in [-0.2, 0) is 0 Å². The number of likely N-dealkylation sites (N-methyl/N-ethyl adjacent to an activating group) is 1. The summed E-state index contributed by atoms with van der Waals surface area (Å²) in [6.45, 7) is 4.08. The Morgan fingerprint density at radius 3 is 2.91 bits per heavy atom. The van der Waals surface area contributed by atoms with Gasteiger partial charge >= 0.3 is 0 Å². The third-order valence-electron chi connectivity index (χ3n) is 3.14. The molecule has 2 fully saturated rings. The minimum absolute atomic E-state index is 0.417. The number of piperidine rings is 1. The molecule has 3 atom stereocenters. The van der Waals surface area contributed by atoms with Crippen molar-refractivity contribution in [3.8, 4) is 0 Å². The lowest BCUT2D eigenvalue weighted by Gasteiger charge is -2.34. The van der Waals surface area contributed by atoms with Crippen molar-refractivity contribution in [1.29, 1.82) is 0 Å². The van der Waals surface area contributed by atoms with Crippen molar-refractivity contribution >= 4 is 0 Å². The number of rotatable bonds is 0. The van der Waals surface area contributed by atoms with Crippen LogP contribution in [0, 0.1) is 0 Å². The monoisotopic (exact) mass is 152 g/mol. The molecule has 2 heteroatoms. The maximum Gasteiger partial charge on any atom is 0.0320 e. The molecule has 2 aliphatic rings. The number of nitrogens with zero attached hydrogens (tertiary/aromatic N) is 1. The summed E-state index contributed by atoms with van der Waals surface area (Å²) < 4.78 is 0. The van der Waals surface area contributed by atoms with Crippen molar-refractivity contribution < 1.29 is 0 Å². The molecular weight excluding hydrogens is 136 g/mol. The fourth-order valence-electron chi connectivity index (χ4n) is 2.44. The predicted molar refractivity (Wildman–Crippen MR) is 46.3 cm³/mol.